The summed E-state index contributed by atoms with van der Waals surface area (Å²) in [6.45, 7) is 7.37. The van der Waals surface area contributed by atoms with E-state index in [1.165, 1.54) is 18.9 Å². The van der Waals surface area contributed by atoms with Crippen LogP contribution in [0.1, 0.15) is 38.5 Å². The van der Waals surface area contributed by atoms with Crippen molar-refractivity contribution in [1.29, 1.82) is 0 Å². The number of likely N-dealkylation sites (tertiary alicyclic amines) is 1. The number of rotatable bonds is 5. The lowest BCUT2D eigenvalue weighted by Gasteiger charge is -2.24. The van der Waals surface area contributed by atoms with Crippen molar-refractivity contribution in [3.63, 3.8) is 0 Å². The summed E-state index contributed by atoms with van der Waals surface area (Å²) in [5.74, 6) is 0.538. The van der Waals surface area contributed by atoms with Gasteiger partial charge in [0, 0.05) is 19.0 Å². The molecule has 1 aliphatic rings. The maximum Gasteiger partial charge on any atom is 0.141 e. The fourth-order valence-corrected chi connectivity index (χ4v) is 2.77. The zero-order valence-electron chi connectivity index (χ0n) is 11.7. The topological polar surface area (TPSA) is 36.4 Å². The highest BCUT2D eigenvalue weighted by molar-refractivity contribution is 5.09. The zero-order chi connectivity index (χ0) is 13.8. The molecule has 3 unspecified atom stereocenters. The molecule has 0 bridgehead atoms. The van der Waals surface area contributed by atoms with Crippen molar-refractivity contribution >= 4 is 0 Å². The van der Waals surface area contributed by atoms with Gasteiger partial charge < -0.3 is 10.0 Å². The van der Waals surface area contributed by atoms with E-state index in [1.54, 1.807) is 6.07 Å². The number of hydrogen-bond donors (Lipinski definition) is 1. The lowest BCUT2D eigenvalue weighted by molar-refractivity contribution is 0.0899. The quantitative estimate of drug-likeness (QED) is 0.890. The van der Waals surface area contributed by atoms with E-state index in [0.717, 1.165) is 31.7 Å². The molecular weight excluding hydrogens is 243 g/mol. The molecule has 0 radical (unpaired) electrons. The SMILES string of the molecule is CCC1CCN(CC(C)C(O)c2ccc(F)cn2)C1. The predicted molar refractivity (Wildman–Crippen MR) is 73.2 cm³/mol. The van der Waals surface area contributed by atoms with E-state index in [1.807, 2.05) is 6.92 Å². The van der Waals surface area contributed by atoms with E-state index < -0.39 is 6.10 Å². The van der Waals surface area contributed by atoms with Crippen molar-refractivity contribution in [3.05, 3.63) is 29.8 Å². The number of aromatic nitrogens is 1. The molecule has 0 aromatic carbocycles. The minimum atomic E-state index is -0.624. The molecule has 19 heavy (non-hydrogen) atoms. The lowest BCUT2D eigenvalue weighted by atomic mass is 10.0. The summed E-state index contributed by atoms with van der Waals surface area (Å²) in [5, 5.41) is 10.3. The molecule has 0 saturated carbocycles. The van der Waals surface area contributed by atoms with Crippen LogP contribution in [0.5, 0.6) is 0 Å². The van der Waals surface area contributed by atoms with Gasteiger partial charge >= 0.3 is 0 Å². The average molecular weight is 266 g/mol. The lowest BCUT2D eigenvalue weighted by Crippen LogP contribution is -2.29. The zero-order valence-corrected chi connectivity index (χ0v) is 11.7. The predicted octanol–water partition coefficient (Wildman–Crippen LogP) is 2.62. The van der Waals surface area contributed by atoms with Crippen molar-refractivity contribution < 1.29 is 9.50 Å². The normalized spacial score (nSPS) is 23.5. The second kappa shape index (κ2) is 6.44. The molecule has 3 atom stereocenters. The molecule has 0 spiro atoms. The van der Waals surface area contributed by atoms with Crippen LogP contribution >= 0.6 is 0 Å². The van der Waals surface area contributed by atoms with E-state index >= 15 is 0 Å². The van der Waals surface area contributed by atoms with Crippen LogP contribution < -0.4 is 0 Å². The second-order valence-corrected chi connectivity index (χ2v) is 5.65. The first-order chi connectivity index (χ1) is 9.10. The largest absolute Gasteiger partial charge is 0.386 e. The van der Waals surface area contributed by atoms with Gasteiger partial charge in [-0.2, -0.15) is 0 Å². The highest BCUT2D eigenvalue weighted by Crippen LogP contribution is 2.25. The molecule has 0 amide bonds. The standard InChI is InChI=1S/C15H23FN2O/c1-3-12-6-7-18(10-12)9-11(2)15(19)14-5-4-13(16)8-17-14/h4-5,8,11-12,15,19H,3,6-7,9-10H2,1-2H3. The third-order valence-corrected chi connectivity index (χ3v) is 4.09. The van der Waals surface area contributed by atoms with Crippen LogP contribution in [-0.2, 0) is 0 Å². The highest BCUT2D eigenvalue weighted by atomic mass is 19.1. The Labute approximate surface area is 114 Å². The van der Waals surface area contributed by atoms with E-state index in [0.29, 0.717) is 5.69 Å². The molecule has 1 aliphatic heterocycles. The third kappa shape index (κ3) is 3.74. The Morgan fingerprint density at radius 3 is 2.89 bits per heavy atom. The number of halogens is 1. The van der Waals surface area contributed by atoms with E-state index in [-0.39, 0.29) is 11.7 Å². The van der Waals surface area contributed by atoms with Gasteiger partial charge in [0.1, 0.15) is 5.82 Å². The summed E-state index contributed by atoms with van der Waals surface area (Å²) in [7, 11) is 0. The Balaban J connectivity index is 1.89. The van der Waals surface area contributed by atoms with Gasteiger partial charge in [-0.1, -0.05) is 20.3 Å². The maximum absolute atomic E-state index is 12.8. The molecule has 1 saturated heterocycles. The molecule has 1 aromatic rings. The van der Waals surface area contributed by atoms with Crippen LogP contribution in [0.4, 0.5) is 4.39 Å². The monoisotopic (exact) mass is 266 g/mol. The van der Waals surface area contributed by atoms with Crippen LogP contribution in [0.2, 0.25) is 0 Å². The van der Waals surface area contributed by atoms with E-state index in [4.69, 9.17) is 0 Å². The van der Waals surface area contributed by atoms with Gasteiger partial charge in [0.25, 0.3) is 0 Å². The van der Waals surface area contributed by atoms with Gasteiger partial charge in [0.05, 0.1) is 18.0 Å². The molecule has 1 N–H and O–H groups in total. The van der Waals surface area contributed by atoms with E-state index in [2.05, 4.69) is 16.8 Å². The van der Waals surface area contributed by atoms with Crippen molar-refractivity contribution in [2.75, 3.05) is 19.6 Å². The summed E-state index contributed by atoms with van der Waals surface area (Å²) < 4.78 is 12.8. The Kier molecular flexibility index (Phi) is 4.88. The Bertz CT molecular complexity index is 396. The summed E-state index contributed by atoms with van der Waals surface area (Å²) in [5.41, 5.74) is 0.556. The molecule has 3 nitrogen and oxygen atoms in total. The molecule has 4 heteroatoms. The summed E-state index contributed by atoms with van der Waals surface area (Å²) in [6.07, 6.45) is 3.02. The van der Waals surface area contributed by atoms with Crippen molar-refractivity contribution in [2.45, 2.75) is 32.8 Å². The van der Waals surface area contributed by atoms with Gasteiger partial charge in [0.15, 0.2) is 0 Å². The smallest absolute Gasteiger partial charge is 0.141 e. The van der Waals surface area contributed by atoms with Gasteiger partial charge in [-0.3, -0.25) is 4.98 Å². The Morgan fingerprint density at radius 1 is 1.53 bits per heavy atom. The minimum Gasteiger partial charge on any atom is -0.386 e. The number of aliphatic hydroxyl groups is 1. The summed E-state index contributed by atoms with van der Waals surface area (Å²) in [4.78, 5) is 6.37. The minimum absolute atomic E-state index is 0.105. The van der Waals surface area contributed by atoms with Crippen molar-refractivity contribution in [3.8, 4) is 0 Å². The number of aliphatic hydroxyl groups excluding tert-OH is 1. The molecule has 0 aliphatic carbocycles. The van der Waals surface area contributed by atoms with Crippen molar-refractivity contribution in [2.24, 2.45) is 11.8 Å². The van der Waals surface area contributed by atoms with Gasteiger partial charge in [0.2, 0.25) is 0 Å². The first-order valence-corrected chi connectivity index (χ1v) is 7.12. The van der Waals surface area contributed by atoms with E-state index in [9.17, 15) is 9.50 Å². The molecule has 2 heterocycles. The van der Waals surface area contributed by atoms with Crippen LogP contribution in [0.15, 0.2) is 18.3 Å². The maximum atomic E-state index is 12.8. The fourth-order valence-electron chi connectivity index (χ4n) is 2.77. The molecule has 1 fully saturated rings. The number of pyridine rings is 1. The molecular formula is C15H23FN2O. The second-order valence-electron chi connectivity index (χ2n) is 5.65. The summed E-state index contributed by atoms with van der Waals surface area (Å²) >= 11 is 0. The van der Waals surface area contributed by atoms with Gasteiger partial charge in [-0.25, -0.2) is 4.39 Å². The number of nitrogens with zero attached hydrogens (tertiary/aromatic N) is 2. The Hall–Kier alpha value is -1.00. The third-order valence-electron chi connectivity index (χ3n) is 4.09. The van der Waals surface area contributed by atoms with Gasteiger partial charge in [-0.05, 0) is 31.0 Å². The molecule has 1 aromatic heterocycles. The fraction of sp³-hybridized carbons (Fsp3) is 0.667. The Morgan fingerprint density at radius 2 is 2.32 bits per heavy atom. The van der Waals surface area contributed by atoms with Crippen LogP contribution in [0.3, 0.4) is 0 Å². The number of hydrogen-bond acceptors (Lipinski definition) is 3. The van der Waals surface area contributed by atoms with Crippen LogP contribution in [0.25, 0.3) is 0 Å². The van der Waals surface area contributed by atoms with Crippen LogP contribution in [0, 0.1) is 17.7 Å². The van der Waals surface area contributed by atoms with Crippen molar-refractivity contribution in [1.82, 2.24) is 9.88 Å². The first kappa shape index (κ1) is 14.4. The summed E-state index contributed by atoms with van der Waals surface area (Å²) in [6, 6.07) is 2.91. The molecule has 106 valence electrons. The highest BCUT2D eigenvalue weighted by Gasteiger charge is 2.25. The molecule has 2 rings (SSSR count). The van der Waals surface area contributed by atoms with Gasteiger partial charge in [-0.15, -0.1) is 0 Å². The first-order valence-electron chi connectivity index (χ1n) is 7.12. The van der Waals surface area contributed by atoms with Crippen LogP contribution in [-0.4, -0.2) is 34.6 Å². The average Bonchev–Trinajstić information content (AvgIpc) is 2.86.